The number of oxazole rings is 1. The molecule has 3 aromatic rings. The third kappa shape index (κ3) is 4.29. The number of aryl methyl sites for hydroxylation is 1. The van der Waals surface area contributed by atoms with Crippen molar-refractivity contribution in [1.82, 2.24) is 19.9 Å². The lowest BCUT2D eigenvalue weighted by molar-refractivity contribution is 0.0563. The number of benzene rings is 1. The van der Waals surface area contributed by atoms with Crippen LogP contribution >= 0.6 is 0 Å². The van der Waals surface area contributed by atoms with E-state index in [1.54, 1.807) is 19.5 Å². The van der Waals surface area contributed by atoms with E-state index in [9.17, 15) is 4.79 Å². The standard InChI is InChI=1S/C22H24N4O3/c1-15-12-24-19(14-23-15)22(27)26-9-4-3-8-20(26)21-25-13-18(29-21)11-16-6-5-7-17(10-16)28-2/h5-7,10,12-14,20H,3-4,8-9,11H2,1-2H3. The lowest BCUT2D eigenvalue weighted by atomic mass is 10.0. The predicted molar refractivity (Wildman–Crippen MR) is 107 cm³/mol. The Morgan fingerprint density at radius 3 is 2.90 bits per heavy atom. The van der Waals surface area contributed by atoms with E-state index in [1.807, 2.05) is 36.1 Å². The Balaban J connectivity index is 1.53. The van der Waals surface area contributed by atoms with E-state index in [-0.39, 0.29) is 11.9 Å². The maximum Gasteiger partial charge on any atom is 0.274 e. The highest BCUT2D eigenvalue weighted by atomic mass is 16.5. The van der Waals surface area contributed by atoms with Crippen LogP contribution in [-0.4, -0.2) is 39.4 Å². The molecule has 7 heteroatoms. The number of amides is 1. The molecule has 0 radical (unpaired) electrons. The highest BCUT2D eigenvalue weighted by Crippen LogP contribution is 2.32. The molecule has 29 heavy (non-hydrogen) atoms. The van der Waals surface area contributed by atoms with Crippen LogP contribution in [0.25, 0.3) is 0 Å². The first-order valence-electron chi connectivity index (χ1n) is 9.81. The molecule has 4 rings (SSSR count). The molecule has 7 nitrogen and oxygen atoms in total. The topological polar surface area (TPSA) is 81.4 Å². The van der Waals surface area contributed by atoms with Crippen molar-refractivity contribution in [2.45, 2.75) is 38.6 Å². The predicted octanol–water partition coefficient (Wildman–Crippen LogP) is 3.74. The zero-order chi connectivity index (χ0) is 20.2. The molecule has 1 saturated heterocycles. The van der Waals surface area contributed by atoms with E-state index in [0.29, 0.717) is 24.6 Å². The Morgan fingerprint density at radius 1 is 1.21 bits per heavy atom. The molecular weight excluding hydrogens is 368 g/mol. The fourth-order valence-electron chi connectivity index (χ4n) is 3.62. The quantitative estimate of drug-likeness (QED) is 0.658. The number of carbonyl (C=O) groups excluding carboxylic acids is 1. The SMILES string of the molecule is COc1cccc(Cc2cnc(C3CCCCN3C(=O)c3cnc(C)cn3)o2)c1. The molecule has 1 aromatic carbocycles. The summed E-state index contributed by atoms with van der Waals surface area (Å²) in [6.45, 7) is 2.51. The van der Waals surface area contributed by atoms with Crippen molar-refractivity contribution in [1.29, 1.82) is 0 Å². The summed E-state index contributed by atoms with van der Waals surface area (Å²) in [6, 6.07) is 7.69. The summed E-state index contributed by atoms with van der Waals surface area (Å²) in [5, 5.41) is 0. The highest BCUT2D eigenvalue weighted by molar-refractivity contribution is 5.92. The molecule has 3 heterocycles. The average molecular weight is 392 g/mol. The number of hydrogen-bond acceptors (Lipinski definition) is 6. The summed E-state index contributed by atoms with van der Waals surface area (Å²) in [7, 11) is 1.65. The smallest absolute Gasteiger partial charge is 0.274 e. The second-order valence-corrected chi connectivity index (χ2v) is 7.25. The van der Waals surface area contributed by atoms with E-state index in [1.165, 1.54) is 6.20 Å². The normalized spacial score (nSPS) is 16.6. The molecule has 0 saturated carbocycles. The van der Waals surface area contributed by atoms with Gasteiger partial charge in [-0.15, -0.1) is 0 Å². The molecule has 1 atom stereocenters. The molecule has 0 N–H and O–H groups in total. The van der Waals surface area contributed by atoms with Crippen LogP contribution < -0.4 is 4.74 Å². The van der Waals surface area contributed by atoms with Crippen molar-refractivity contribution in [3.63, 3.8) is 0 Å². The Bertz CT molecular complexity index is 984. The first-order valence-corrected chi connectivity index (χ1v) is 9.81. The number of likely N-dealkylation sites (tertiary alicyclic amines) is 1. The summed E-state index contributed by atoms with van der Waals surface area (Å²) in [5.41, 5.74) is 2.22. The van der Waals surface area contributed by atoms with Gasteiger partial charge in [0.1, 0.15) is 23.2 Å². The van der Waals surface area contributed by atoms with Crippen molar-refractivity contribution in [2.24, 2.45) is 0 Å². The molecule has 1 unspecified atom stereocenters. The minimum Gasteiger partial charge on any atom is -0.497 e. The molecule has 150 valence electrons. The summed E-state index contributed by atoms with van der Waals surface area (Å²) >= 11 is 0. The minimum absolute atomic E-state index is 0.130. The average Bonchev–Trinajstić information content (AvgIpc) is 3.22. The van der Waals surface area contributed by atoms with Crippen LogP contribution in [0.5, 0.6) is 5.75 Å². The fourth-order valence-corrected chi connectivity index (χ4v) is 3.62. The van der Waals surface area contributed by atoms with Gasteiger partial charge in [-0.1, -0.05) is 12.1 Å². The summed E-state index contributed by atoms with van der Waals surface area (Å²) in [6.07, 6.45) is 8.33. The Kier molecular flexibility index (Phi) is 5.55. The number of piperidine rings is 1. The lowest BCUT2D eigenvalue weighted by Crippen LogP contribution is -2.39. The zero-order valence-corrected chi connectivity index (χ0v) is 16.7. The third-order valence-electron chi connectivity index (χ3n) is 5.13. The second-order valence-electron chi connectivity index (χ2n) is 7.25. The number of carbonyl (C=O) groups is 1. The van der Waals surface area contributed by atoms with E-state index in [4.69, 9.17) is 9.15 Å². The van der Waals surface area contributed by atoms with Crippen LogP contribution in [0.3, 0.4) is 0 Å². The van der Waals surface area contributed by atoms with Gasteiger partial charge in [-0.2, -0.15) is 0 Å². The minimum atomic E-state index is -0.182. The number of rotatable bonds is 5. The number of hydrogen-bond donors (Lipinski definition) is 0. The van der Waals surface area contributed by atoms with E-state index in [0.717, 1.165) is 42.0 Å². The number of nitrogens with zero attached hydrogens (tertiary/aromatic N) is 4. The van der Waals surface area contributed by atoms with Gasteiger partial charge in [0.2, 0.25) is 5.89 Å². The number of ether oxygens (including phenoxy) is 1. The van der Waals surface area contributed by atoms with Crippen LogP contribution in [-0.2, 0) is 6.42 Å². The highest BCUT2D eigenvalue weighted by Gasteiger charge is 2.32. The molecule has 1 aliphatic heterocycles. The maximum atomic E-state index is 13.0. The van der Waals surface area contributed by atoms with Gasteiger partial charge in [0.05, 0.1) is 25.2 Å². The van der Waals surface area contributed by atoms with Crippen molar-refractivity contribution in [3.8, 4) is 5.75 Å². The first kappa shape index (κ1) is 19.1. The number of methoxy groups -OCH3 is 1. The van der Waals surface area contributed by atoms with Crippen LogP contribution in [0, 0.1) is 6.92 Å². The first-order chi connectivity index (χ1) is 14.1. The maximum absolute atomic E-state index is 13.0. The van der Waals surface area contributed by atoms with Crippen LogP contribution in [0.1, 0.15) is 58.7 Å². The summed E-state index contributed by atoms with van der Waals surface area (Å²) < 4.78 is 11.3. The van der Waals surface area contributed by atoms with Gasteiger partial charge in [-0.3, -0.25) is 9.78 Å². The summed E-state index contributed by atoms with van der Waals surface area (Å²) in [5.74, 6) is 2.03. The molecule has 1 fully saturated rings. The fraction of sp³-hybridized carbons (Fsp3) is 0.364. The van der Waals surface area contributed by atoms with Gasteiger partial charge in [-0.05, 0) is 43.9 Å². The van der Waals surface area contributed by atoms with Crippen LogP contribution in [0.2, 0.25) is 0 Å². The Morgan fingerprint density at radius 2 is 2.10 bits per heavy atom. The van der Waals surface area contributed by atoms with Gasteiger partial charge >= 0.3 is 0 Å². The number of aromatic nitrogens is 3. The van der Waals surface area contributed by atoms with Crippen molar-refractivity contribution in [3.05, 3.63) is 71.5 Å². The van der Waals surface area contributed by atoms with Gasteiger partial charge < -0.3 is 14.1 Å². The van der Waals surface area contributed by atoms with Crippen LogP contribution in [0.15, 0.2) is 47.3 Å². The van der Waals surface area contributed by atoms with Crippen LogP contribution in [0.4, 0.5) is 0 Å². The lowest BCUT2D eigenvalue weighted by Gasteiger charge is -2.33. The molecule has 2 aromatic heterocycles. The summed E-state index contributed by atoms with van der Waals surface area (Å²) in [4.78, 5) is 27.7. The van der Waals surface area contributed by atoms with Gasteiger partial charge in [0.15, 0.2) is 0 Å². The zero-order valence-electron chi connectivity index (χ0n) is 16.7. The molecular formula is C22H24N4O3. The van der Waals surface area contributed by atoms with E-state index < -0.39 is 0 Å². The van der Waals surface area contributed by atoms with Crippen molar-refractivity contribution in [2.75, 3.05) is 13.7 Å². The molecule has 1 amide bonds. The molecule has 0 bridgehead atoms. The van der Waals surface area contributed by atoms with Gasteiger partial charge in [0, 0.05) is 19.2 Å². The Labute approximate surface area is 169 Å². The molecule has 1 aliphatic rings. The van der Waals surface area contributed by atoms with Gasteiger partial charge in [0.25, 0.3) is 5.91 Å². The van der Waals surface area contributed by atoms with E-state index in [2.05, 4.69) is 15.0 Å². The van der Waals surface area contributed by atoms with E-state index >= 15 is 0 Å². The second kappa shape index (κ2) is 8.43. The van der Waals surface area contributed by atoms with Crippen molar-refractivity contribution < 1.29 is 13.9 Å². The van der Waals surface area contributed by atoms with Crippen molar-refractivity contribution >= 4 is 5.91 Å². The molecule has 0 aliphatic carbocycles. The van der Waals surface area contributed by atoms with Gasteiger partial charge in [-0.25, -0.2) is 9.97 Å². The monoisotopic (exact) mass is 392 g/mol. The third-order valence-corrected chi connectivity index (χ3v) is 5.13. The Hall–Kier alpha value is -3.22. The largest absolute Gasteiger partial charge is 0.497 e. The molecule has 0 spiro atoms.